The van der Waals surface area contributed by atoms with E-state index in [1.807, 2.05) is 85.1 Å². The van der Waals surface area contributed by atoms with Gasteiger partial charge in [0.2, 0.25) is 0 Å². The van der Waals surface area contributed by atoms with Gasteiger partial charge in [-0.25, -0.2) is 0 Å². The molecule has 5 rings (SSSR count). The molecule has 0 saturated carbocycles. The Labute approximate surface area is 300 Å². The van der Waals surface area contributed by atoms with E-state index in [0.717, 1.165) is 26.7 Å². The molecule has 0 aromatic heterocycles. The van der Waals surface area contributed by atoms with Gasteiger partial charge in [-0.1, -0.05) is 119 Å². The maximum absolute atomic E-state index is 12.8. The fourth-order valence-corrected chi connectivity index (χ4v) is 8.02. The Morgan fingerprint density at radius 2 is 1.12 bits per heavy atom. The number of thioether (sulfide) groups is 1. The summed E-state index contributed by atoms with van der Waals surface area (Å²) >= 11 is 5.13. The van der Waals surface area contributed by atoms with Crippen molar-refractivity contribution in [2.75, 3.05) is 19.1 Å². The molecule has 0 amide bonds. The summed E-state index contributed by atoms with van der Waals surface area (Å²) < 4.78 is 47.2. The number of hydrogen-bond acceptors (Lipinski definition) is 7. The van der Waals surface area contributed by atoms with Gasteiger partial charge in [-0.05, 0) is 53.5 Å². The molecule has 6 nitrogen and oxygen atoms in total. The largest absolute Gasteiger partial charge is 0.377 e. The summed E-state index contributed by atoms with van der Waals surface area (Å²) in [7, 11) is -1.06. The SMILES string of the molecule is CSC(C[C@H]1O[C@@H](CCOCc2ccccc2)[C@H](OCc2ccccc2)[C@@H](OCc2ccccc2)[C@@H]1OCc1ccc(Br)cc1)S(C)=O. The van der Waals surface area contributed by atoms with Crippen molar-refractivity contribution in [2.24, 2.45) is 0 Å². The first-order valence-electron chi connectivity index (χ1n) is 16.3. The van der Waals surface area contributed by atoms with E-state index in [2.05, 4.69) is 52.3 Å². The zero-order chi connectivity index (χ0) is 33.6. The Bertz CT molecular complexity index is 1500. The summed E-state index contributed by atoms with van der Waals surface area (Å²) in [4.78, 5) is 0. The molecule has 0 bridgehead atoms. The third kappa shape index (κ3) is 11.4. The van der Waals surface area contributed by atoms with Crippen LogP contribution >= 0.6 is 27.7 Å². The minimum Gasteiger partial charge on any atom is -0.377 e. The second-order valence-electron chi connectivity index (χ2n) is 11.9. The molecular weight excluding hydrogens is 708 g/mol. The number of hydrogen-bond donors (Lipinski definition) is 0. The number of ether oxygens (including phenoxy) is 5. The van der Waals surface area contributed by atoms with E-state index >= 15 is 0 Å². The molecule has 1 saturated heterocycles. The van der Waals surface area contributed by atoms with Crippen LogP contribution in [-0.2, 0) is 60.9 Å². The van der Waals surface area contributed by atoms with Crippen molar-refractivity contribution < 1.29 is 27.9 Å². The van der Waals surface area contributed by atoms with Crippen molar-refractivity contribution in [1.29, 1.82) is 0 Å². The molecule has 4 aromatic rings. The molecule has 7 atom stereocenters. The second kappa shape index (κ2) is 19.7. The molecule has 48 heavy (non-hydrogen) atoms. The quantitative estimate of drug-likeness (QED) is 0.0948. The van der Waals surface area contributed by atoms with E-state index in [1.54, 1.807) is 18.0 Å². The van der Waals surface area contributed by atoms with E-state index in [1.165, 1.54) is 0 Å². The standard InChI is InChI=1S/C39H45BrO6S2/c1-47-36(48(2)41)24-35-38(44-28-32-18-20-33(40)21-19-32)39(45-27-31-16-10-5-11-17-31)37(43-26-30-14-8-4-9-15-30)34(46-35)22-23-42-25-29-12-6-3-7-13-29/h3-21,34-39H,22-28H2,1-2H3/t34-,35+,36?,37-,38+,39+,48?/m0/s1. The summed E-state index contributed by atoms with van der Waals surface area (Å²) in [6.45, 7) is 2.17. The molecule has 9 heteroatoms. The number of rotatable bonds is 18. The van der Waals surface area contributed by atoms with Crippen LogP contribution in [0.15, 0.2) is 120 Å². The van der Waals surface area contributed by atoms with Crippen LogP contribution in [0.1, 0.15) is 35.1 Å². The van der Waals surface area contributed by atoms with Gasteiger partial charge in [0.25, 0.3) is 0 Å². The first kappa shape index (κ1) is 36.9. The van der Waals surface area contributed by atoms with Gasteiger partial charge in [0.15, 0.2) is 0 Å². The van der Waals surface area contributed by atoms with Gasteiger partial charge in [-0.2, -0.15) is 0 Å². The summed E-state index contributed by atoms with van der Waals surface area (Å²) in [5.41, 5.74) is 4.29. The highest BCUT2D eigenvalue weighted by molar-refractivity contribution is 9.10. The Hall–Kier alpha value is -2.34. The normalized spacial score (nSPS) is 22.3. The number of benzene rings is 4. The zero-order valence-electron chi connectivity index (χ0n) is 27.5. The lowest BCUT2D eigenvalue weighted by atomic mass is 9.91. The minimum atomic E-state index is -1.06. The van der Waals surface area contributed by atoms with Gasteiger partial charge in [-0.3, -0.25) is 4.21 Å². The molecule has 4 aromatic carbocycles. The smallest absolute Gasteiger partial charge is 0.115 e. The monoisotopic (exact) mass is 752 g/mol. The van der Waals surface area contributed by atoms with Crippen LogP contribution in [0.25, 0.3) is 0 Å². The molecular formula is C39H45BrO6S2. The Balaban J connectivity index is 1.44. The van der Waals surface area contributed by atoms with Crippen LogP contribution in [0.5, 0.6) is 0 Å². The van der Waals surface area contributed by atoms with Crippen molar-refractivity contribution in [3.05, 3.63) is 142 Å². The third-order valence-corrected chi connectivity index (χ3v) is 11.9. The van der Waals surface area contributed by atoms with Crippen LogP contribution in [0, 0.1) is 0 Å². The molecule has 1 aliphatic rings. The van der Waals surface area contributed by atoms with E-state index in [9.17, 15) is 4.21 Å². The maximum Gasteiger partial charge on any atom is 0.115 e. The molecule has 256 valence electrons. The molecule has 1 fully saturated rings. The third-order valence-electron chi connectivity index (χ3n) is 8.37. The van der Waals surface area contributed by atoms with Crippen molar-refractivity contribution in [2.45, 2.75) is 74.4 Å². The fourth-order valence-electron chi connectivity index (χ4n) is 5.83. The van der Waals surface area contributed by atoms with Gasteiger partial charge in [0.1, 0.15) is 18.3 Å². The van der Waals surface area contributed by atoms with E-state index in [0.29, 0.717) is 45.9 Å². The lowest BCUT2D eigenvalue weighted by molar-refractivity contribution is -0.267. The number of halogens is 1. The highest BCUT2D eigenvalue weighted by Crippen LogP contribution is 2.35. The first-order valence-corrected chi connectivity index (χ1v) is 20.0. The lowest BCUT2D eigenvalue weighted by Crippen LogP contribution is -2.60. The predicted molar refractivity (Wildman–Crippen MR) is 198 cm³/mol. The topological polar surface area (TPSA) is 63.2 Å². The van der Waals surface area contributed by atoms with Gasteiger partial charge in [-0.15, -0.1) is 11.8 Å². The van der Waals surface area contributed by atoms with Crippen LogP contribution in [-0.4, -0.2) is 58.4 Å². The van der Waals surface area contributed by atoms with Gasteiger partial charge >= 0.3 is 0 Å². The summed E-state index contributed by atoms with van der Waals surface area (Å²) in [6.07, 6.45) is 2.81. The van der Waals surface area contributed by atoms with E-state index in [-0.39, 0.29) is 16.8 Å². The lowest BCUT2D eigenvalue weighted by Gasteiger charge is -2.47. The van der Waals surface area contributed by atoms with Gasteiger partial charge < -0.3 is 23.7 Å². The maximum atomic E-state index is 12.8. The van der Waals surface area contributed by atoms with Crippen LogP contribution in [0.4, 0.5) is 0 Å². The summed E-state index contributed by atoms with van der Waals surface area (Å²) in [5.74, 6) is 0. The predicted octanol–water partition coefficient (Wildman–Crippen LogP) is 8.34. The fraction of sp³-hybridized carbons (Fsp3) is 0.385. The van der Waals surface area contributed by atoms with Crippen LogP contribution < -0.4 is 0 Å². The zero-order valence-corrected chi connectivity index (χ0v) is 30.7. The van der Waals surface area contributed by atoms with Gasteiger partial charge in [0, 0.05) is 28.1 Å². The molecule has 2 unspecified atom stereocenters. The first-order chi connectivity index (χ1) is 23.5. The minimum absolute atomic E-state index is 0.125. The summed E-state index contributed by atoms with van der Waals surface area (Å²) in [6, 6.07) is 38.6. The van der Waals surface area contributed by atoms with Crippen molar-refractivity contribution in [3.63, 3.8) is 0 Å². The Morgan fingerprint density at radius 3 is 1.62 bits per heavy atom. The Morgan fingerprint density at radius 1 is 0.667 bits per heavy atom. The van der Waals surface area contributed by atoms with Gasteiger partial charge in [0.05, 0.1) is 43.2 Å². The van der Waals surface area contributed by atoms with Crippen molar-refractivity contribution >= 4 is 38.5 Å². The molecule has 1 heterocycles. The Kier molecular flexibility index (Phi) is 15.2. The van der Waals surface area contributed by atoms with Crippen LogP contribution in [0.2, 0.25) is 0 Å². The average Bonchev–Trinajstić information content (AvgIpc) is 3.12. The molecule has 0 radical (unpaired) electrons. The highest BCUT2D eigenvalue weighted by atomic mass is 79.9. The highest BCUT2D eigenvalue weighted by Gasteiger charge is 2.48. The van der Waals surface area contributed by atoms with Crippen molar-refractivity contribution in [1.82, 2.24) is 0 Å². The van der Waals surface area contributed by atoms with E-state index < -0.39 is 29.1 Å². The van der Waals surface area contributed by atoms with Crippen molar-refractivity contribution in [3.8, 4) is 0 Å². The van der Waals surface area contributed by atoms with E-state index in [4.69, 9.17) is 23.7 Å². The van der Waals surface area contributed by atoms with Crippen LogP contribution in [0.3, 0.4) is 0 Å². The second-order valence-corrected chi connectivity index (χ2v) is 15.7. The molecule has 0 spiro atoms. The molecule has 1 aliphatic heterocycles. The average molecular weight is 754 g/mol. The molecule has 0 aliphatic carbocycles. The molecule has 0 N–H and O–H groups in total. The summed E-state index contributed by atoms with van der Waals surface area (Å²) in [5, 5.41) is 0.